The number of aliphatic hydroxyl groups is 1. The highest BCUT2D eigenvalue weighted by molar-refractivity contribution is 7.89. The van der Waals surface area contributed by atoms with Crippen LogP contribution in [0.25, 0.3) is 0 Å². The Balaban J connectivity index is 1.53. The van der Waals surface area contributed by atoms with Crippen LogP contribution >= 0.6 is 0 Å². The van der Waals surface area contributed by atoms with Crippen LogP contribution in [-0.2, 0) is 39.5 Å². The van der Waals surface area contributed by atoms with Crippen molar-refractivity contribution in [3.8, 4) is 0 Å². The number of hydrogen-bond acceptors (Lipinski definition) is 11. The van der Waals surface area contributed by atoms with Crippen LogP contribution in [0.2, 0.25) is 0 Å². The van der Waals surface area contributed by atoms with Gasteiger partial charge in [0.05, 0.1) is 22.8 Å². The van der Waals surface area contributed by atoms with Gasteiger partial charge in [0.1, 0.15) is 22.9 Å². The third-order valence-electron chi connectivity index (χ3n) is 9.88. The summed E-state index contributed by atoms with van der Waals surface area (Å²) >= 11 is 0. The van der Waals surface area contributed by atoms with Crippen molar-refractivity contribution < 1.29 is 42.2 Å². The van der Waals surface area contributed by atoms with Crippen molar-refractivity contribution in [3.63, 3.8) is 0 Å². The largest absolute Gasteiger partial charge is 0.384 e. The molecule has 3 fully saturated rings. The first-order valence-electron chi connectivity index (χ1n) is 16.9. The topological polar surface area (TPSA) is 259 Å². The number of carbonyl (C=O) groups excluding carboxylic acids is 5. The summed E-state index contributed by atoms with van der Waals surface area (Å²) in [5, 5.41) is 26.9. The Morgan fingerprint density at radius 1 is 1.08 bits per heavy atom. The highest BCUT2D eigenvalue weighted by Crippen LogP contribution is 2.34. The van der Waals surface area contributed by atoms with Gasteiger partial charge in [-0.15, -0.1) is 5.10 Å². The van der Waals surface area contributed by atoms with Gasteiger partial charge < -0.3 is 25.8 Å². The monoisotopic (exact) mass is 728 g/mol. The summed E-state index contributed by atoms with van der Waals surface area (Å²) in [6.07, 6.45) is 6.05. The second kappa shape index (κ2) is 15.1. The molecule has 5 rings (SSSR count). The van der Waals surface area contributed by atoms with Crippen LogP contribution in [0, 0.1) is 5.92 Å². The molecule has 0 radical (unpaired) electrons. The Labute approximate surface area is 295 Å². The molecule has 2 atom stereocenters. The molecule has 3 heterocycles. The van der Waals surface area contributed by atoms with E-state index in [1.165, 1.54) is 40.0 Å². The van der Waals surface area contributed by atoms with Gasteiger partial charge in [0.25, 0.3) is 17.7 Å². The molecule has 0 unspecified atom stereocenters. The van der Waals surface area contributed by atoms with Crippen LogP contribution < -0.4 is 16.2 Å². The van der Waals surface area contributed by atoms with E-state index in [0.29, 0.717) is 5.69 Å². The van der Waals surface area contributed by atoms with E-state index in [1.807, 2.05) is 0 Å². The van der Waals surface area contributed by atoms with Gasteiger partial charge in [-0.25, -0.2) is 23.2 Å². The molecule has 0 bridgehead atoms. The van der Waals surface area contributed by atoms with E-state index >= 15 is 0 Å². The summed E-state index contributed by atoms with van der Waals surface area (Å²) in [6, 6.07) is 2.96. The summed E-state index contributed by atoms with van der Waals surface area (Å²) in [4.78, 5) is 72.8. The van der Waals surface area contributed by atoms with Gasteiger partial charge in [-0.2, -0.15) is 0 Å². The molecule has 17 nitrogen and oxygen atoms in total. The molecular weight excluding hydrogens is 684 g/mol. The molecule has 0 spiro atoms. The molecule has 2 aliphatic heterocycles. The molecule has 6 N–H and O–H groups in total. The Bertz CT molecular complexity index is 1800. The number of amides is 4. The minimum Gasteiger partial charge on any atom is -0.384 e. The average Bonchev–Trinajstić information content (AvgIpc) is 3.76. The maximum atomic E-state index is 14.6. The number of ether oxygens (including phenoxy) is 1. The number of carbonyl (C=O) groups is 5. The molecule has 276 valence electrons. The van der Waals surface area contributed by atoms with E-state index in [-0.39, 0.29) is 67.5 Å². The van der Waals surface area contributed by atoms with Gasteiger partial charge in [-0.05, 0) is 50.5 Å². The van der Waals surface area contributed by atoms with Crippen molar-refractivity contribution in [3.05, 3.63) is 41.7 Å². The predicted octanol–water partition coefficient (Wildman–Crippen LogP) is 0.267. The minimum absolute atomic E-state index is 0.0102. The van der Waals surface area contributed by atoms with Gasteiger partial charge >= 0.3 is 0 Å². The summed E-state index contributed by atoms with van der Waals surface area (Å²) in [5.74, 6) is -4.37. The van der Waals surface area contributed by atoms with Crippen LogP contribution in [0.1, 0.15) is 93.7 Å². The van der Waals surface area contributed by atoms with Crippen molar-refractivity contribution in [1.82, 2.24) is 25.2 Å². The van der Waals surface area contributed by atoms with Gasteiger partial charge in [0, 0.05) is 44.6 Å². The lowest BCUT2D eigenvalue weighted by atomic mass is 9.84. The number of nitrogens with one attached hydrogen (secondary N) is 1. The highest BCUT2D eigenvalue weighted by Gasteiger charge is 2.49. The molecule has 4 amide bonds. The normalized spacial score (nSPS) is 21.6. The number of sulfonamides is 1. The van der Waals surface area contributed by atoms with Crippen LogP contribution in [0.3, 0.4) is 0 Å². The van der Waals surface area contributed by atoms with Gasteiger partial charge in [-0.3, -0.25) is 24.0 Å². The van der Waals surface area contributed by atoms with E-state index in [0.717, 1.165) is 32.1 Å². The quantitative estimate of drug-likeness (QED) is 0.180. The fourth-order valence-electron chi connectivity index (χ4n) is 7.08. The zero-order valence-corrected chi connectivity index (χ0v) is 29.4. The standard InChI is InChI=1S/C33H44N8O9S/c1-32(2,47)26-18-36-39-41(26)22-17-25(30(45)38-33(27(42)28(34)43)12-14-50-15-13-33)40(19-22)31(46)24(16-20-6-4-3-5-7-20)37-29(44)21-8-10-23(11-9-21)51(35,48)49/h8-11,18,20,22,25,47H,3-7,12-17,19H2,1-2H3,(H2,34,43)(H,38,45)(H2,35,48,49)/t22-,25-/m0/s1. The molecule has 1 aromatic carbocycles. The number of nitrogens with two attached hydrogens (primary N) is 2. The second-order valence-electron chi connectivity index (χ2n) is 14.0. The number of primary sulfonamides is 1. The number of likely N-dealkylation sites (tertiary alicyclic amines) is 1. The van der Waals surface area contributed by atoms with Crippen molar-refractivity contribution in [2.24, 2.45) is 21.8 Å². The maximum absolute atomic E-state index is 14.6. The average molecular weight is 729 g/mol. The Hall–Kier alpha value is -4.39. The fraction of sp³-hybridized carbons (Fsp3) is 0.576. The predicted molar refractivity (Wildman–Crippen MR) is 180 cm³/mol. The number of nitrogens with zero attached hydrogens (tertiary/aromatic N) is 5. The van der Waals surface area contributed by atoms with Crippen LogP contribution in [0.15, 0.2) is 40.4 Å². The maximum Gasteiger partial charge on any atom is 0.287 e. The third kappa shape index (κ3) is 8.57. The summed E-state index contributed by atoms with van der Waals surface area (Å²) in [6.45, 7) is 3.17. The summed E-state index contributed by atoms with van der Waals surface area (Å²) in [7, 11) is -4.01. The van der Waals surface area contributed by atoms with Crippen LogP contribution in [0.4, 0.5) is 0 Å². The molecule has 2 aromatic rings. The Morgan fingerprint density at radius 2 is 1.73 bits per heavy atom. The van der Waals surface area contributed by atoms with E-state index in [2.05, 4.69) is 20.6 Å². The first kappa shape index (κ1) is 37.9. The van der Waals surface area contributed by atoms with Crippen molar-refractivity contribution in [1.29, 1.82) is 0 Å². The summed E-state index contributed by atoms with van der Waals surface area (Å²) < 4.78 is 30.3. The lowest BCUT2D eigenvalue weighted by Gasteiger charge is -2.37. The second-order valence-corrected chi connectivity index (χ2v) is 15.6. The first-order valence-corrected chi connectivity index (χ1v) is 18.5. The lowest BCUT2D eigenvalue weighted by molar-refractivity contribution is -0.146. The van der Waals surface area contributed by atoms with E-state index in [9.17, 15) is 37.5 Å². The van der Waals surface area contributed by atoms with Gasteiger partial charge in [-0.1, -0.05) is 37.3 Å². The van der Waals surface area contributed by atoms with E-state index in [1.54, 1.807) is 13.8 Å². The third-order valence-corrected chi connectivity index (χ3v) is 10.8. The van der Waals surface area contributed by atoms with Crippen molar-refractivity contribution in [2.75, 3.05) is 19.8 Å². The Morgan fingerprint density at radius 3 is 2.31 bits per heavy atom. The number of ketones is 1. The SMILES string of the molecule is CC(C)(O)c1cnnn1[C@H]1C[C@@H](C(=O)NC2(C(=O)C(N)=O)CCOCC2)N(C(=O)C(CC2CCCCC2)=NC(=O)c2ccc(S(N)(=O)=O)cc2)C1. The van der Waals surface area contributed by atoms with Crippen molar-refractivity contribution in [2.45, 2.75) is 99.8 Å². The number of aromatic nitrogens is 3. The number of benzene rings is 1. The van der Waals surface area contributed by atoms with E-state index < -0.39 is 62.7 Å². The number of aliphatic imine (C=N–C) groups is 1. The van der Waals surface area contributed by atoms with Crippen LogP contribution in [-0.4, -0.2) is 99.9 Å². The zero-order chi connectivity index (χ0) is 37.1. The number of hydrogen-bond donors (Lipinski definition) is 4. The number of rotatable bonds is 11. The highest BCUT2D eigenvalue weighted by atomic mass is 32.2. The number of Topliss-reactive ketones (excluding diaryl/α,β-unsaturated/α-hetero) is 1. The smallest absolute Gasteiger partial charge is 0.287 e. The molecule has 1 aromatic heterocycles. The van der Waals surface area contributed by atoms with Gasteiger partial charge in [0.15, 0.2) is 0 Å². The molecule has 1 saturated carbocycles. The molecule has 51 heavy (non-hydrogen) atoms. The molecule has 2 saturated heterocycles. The summed E-state index contributed by atoms with van der Waals surface area (Å²) in [5.41, 5.74) is 2.63. The molecule has 1 aliphatic carbocycles. The van der Waals surface area contributed by atoms with Crippen LogP contribution in [0.5, 0.6) is 0 Å². The first-order chi connectivity index (χ1) is 24.0. The zero-order valence-electron chi connectivity index (χ0n) is 28.6. The van der Waals surface area contributed by atoms with Gasteiger partial charge in [0.2, 0.25) is 21.7 Å². The minimum atomic E-state index is -4.01. The molecule has 3 aliphatic rings. The van der Waals surface area contributed by atoms with E-state index in [4.69, 9.17) is 15.6 Å². The number of primary amides is 1. The molecule has 18 heteroatoms. The fourth-order valence-corrected chi connectivity index (χ4v) is 7.60. The molecular formula is C33H44N8O9S. The Kier molecular flexibility index (Phi) is 11.2. The van der Waals surface area contributed by atoms with Crippen molar-refractivity contribution >= 4 is 45.1 Å². The lowest BCUT2D eigenvalue weighted by Crippen LogP contribution is -2.63.